The number of hydrogen-bond donors (Lipinski definition) is 1. The Morgan fingerprint density at radius 3 is 1.45 bits per heavy atom. The van der Waals surface area contributed by atoms with Crippen LogP contribution >= 0.6 is 11.8 Å². The summed E-state index contributed by atoms with van der Waals surface area (Å²) in [7, 11) is 0. The molecule has 0 bridgehead atoms. The second kappa shape index (κ2) is 12.1. The van der Waals surface area contributed by atoms with Crippen LogP contribution in [0, 0.1) is 0 Å². The number of benzene rings is 4. The molecule has 0 aliphatic carbocycles. The quantitative estimate of drug-likeness (QED) is 0.229. The van der Waals surface area contributed by atoms with E-state index >= 15 is 0 Å². The van der Waals surface area contributed by atoms with Crippen molar-refractivity contribution in [2.75, 3.05) is 5.75 Å². The lowest BCUT2D eigenvalue weighted by Gasteiger charge is -2.48. The van der Waals surface area contributed by atoms with Crippen LogP contribution < -0.4 is 5.73 Å². The van der Waals surface area contributed by atoms with Gasteiger partial charge in [0, 0.05) is 5.75 Å². The Kier molecular flexibility index (Phi) is 7.90. The molecule has 4 aromatic rings. The van der Waals surface area contributed by atoms with Crippen LogP contribution in [0.4, 0.5) is 0 Å². The van der Waals surface area contributed by atoms with E-state index in [0.717, 1.165) is 22.3 Å². The molecule has 2 atom stereocenters. The van der Waals surface area contributed by atoms with E-state index in [1.165, 1.54) is 16.7 Å². The highest BCUT2D eigenvalue weighted by molar-refractivity contribution is 8.00. The van der Waals surface area contributed by atoms with Crippen LogP contribution in [-0.2, 0) is 23.9 Å². The van der Waals surface area contributed by atoms with E-state index in [-0.39, 0.29) is 17.0 Å². The van der Waals surface area contributed by atoms with Crippen LogP contribution in [0.2, 0.25) is 0 Å². The fraction of sp³-hybridized carbons (Fsp3) is 0.147. The van der Waals surface area contributed by atoms with Crippen molar-refractivity contribution in [2.24, 2.45) is 5.73 Å². The summed E-state index contributed by atoms with van der Waals surface area (Å²) in [6.45, 7) is 0. The largest absolute Gasteiger partial charge is 0.449 e. The van der Waals surface area contributed by atoms with Crippen LogP contribution in [0.3, 0.4) is 0 Å². The fourth-order valence-corrected chi connectivity index (χ4v) is 6.45. The van der Waals surface area contributed by atoms with Gasteiger partial charge in [-0.3, -0.25) is 9.69 Å². The summed E-state index contributed by atoms with van der Waals surface area (Å²) < 4.78 is 12.2. The van der Waals surface area contributed by atoms with Gasteiger partial charge in [0.2, 0.25) is 5.91 Å². The van der Waals surface area contributed by atoms with Gasteiger partial charge < -0.3 is 15.2 Å². The lowest BCUT2D eigenvalue weighted by atomic mass is 10.0. The number of amides is 1. The van der Waals surface area contributed by atoms with Crippen molar-refractivity contribution in [1.82, 2.24) is 4.90 Å². The zero-order valence-corrected chi connectivity index (χ0v) is 23.4. The number of nitrogens with zero attached hydrogens (tertiary/aromatic N) is 1. The van der Waals surface area contributed by atoms with E-state index in [9.17, 15) is 14.4 Å². The molecule has 0 spiro atoms. The van der Waals surface area contributed by atoms with Gasteiger partial charge in [-0.2, -0.15) is 0 Å². The zero-order valence-electron chi connectivity index (χ0n) is 22.5. The van der Waals surface area contributed by atoms with Crippen molar-refractivity contribution in [3.63, 3.8) is 0 Å². The predicted molar refractivity (Wildman–Crippen MR) is 160 cm³/mol. The molecule has 2 aliphatic rings. The van der Waals surface area contributed by atoms with Gasteiger partial charge >= 0.3 is 11.9 Å². The maximum Gasteiger partial charge on any atom is 0.356 e. The summed E-state index contributed by atoms with van der Waals surface area (Å²) in [6.07, 6.45) is -1.48. The Morgan fingerprint density at radius 1 is 0.667 bits per heavy atom. The number of ether oxygens (including phenoxy) is 2. The molecule has 8 heteroatoms. The smallest absolute Gasteiger partial charge is 0.356 e. The molecule has 210 valence electrons. The summed E-state index contributed by atoms with van der Waals surface area (Å²) in [5.41, 5.74) is 9.08. The molecule has 2 aliphatic heterocycles. The molecular weight excluding hydrogens is 548 g/mol. The van der Waals surface area contributed by atoms with E-state index < -0.39 is 41.5 Å². The molecule has 1 saturated heterocycles. The third-order valence-corrected chi connectivity index (χ3v) is 8.61. The van der Waals surface area contributed by atoms with Crippen molar-refractivity contribution in [1.29, 1.82) is 0 Å². The van der Waals surface area contributed by atoms with Crippen molar-refractivity contribution in [2.45, 2.75) is 23.6 Å². The number of esters is 2. The van der Waals surface area contributed by atoms with Gasteiger partial charge in [-0.15, -0.1) is 11.8 Å². The Morgan fingerprint density at radius 2 is 1.05 bits per heavy atom. The van der Waals surface area contributed by atoms with Crippen LogP contribution in [0.5, 0.6) is 0 Å². The molecule has 6 rings (SSSR count). The van der Waals surface area contributed by atoms with Gasteiger partial charge in [0.25, 0.3) is 0 Å². The summed E-state index contributed by atoms with van der Waals surface area (Å²) in [4.78, 5) is 42.1. The molecule has 2 N–H and O–H groups in total. The third kappa shape index (κ3) is 5.34. The van der Waals surface area contributed by atoms with E-state index in [0.29, 0.717) is 0 Å². The highest BCUT2D eigenvalue weighted by Gasteiger charge is 2.53. The fourth-order valence-electron chi connectivity index (χ4n) is 5.17. The molecule has 0 saturated carbocycles. The summed E-state index contributed by atoms with van der Waals surface area (Å²) >= 11 is 1.33. The van der Waals surface area contributed by atoms with Crippen LogP contribution in [0.25, 0.3) is 0 Å². The van der Waals surface area contributed by atoms with Crippen molar-refractivity contribution in [3.8, 4) is 0 Å². The van der Waals surface area contributed by atoms with Crippen molar-refractivity contribution < 1.29 is 23.9 Å². The van der Waals surface area contributed by atoms with Crippen LogP contribution in [0.1, 0.15) is 34.5 Å². The van der Waals surface area contributed by atoms with Crippen molar-refractivity contribution >= 4 is 29.6 Å². The highest BCUT2D eigenvalue weighted by atomic mass is 32.2. The minimum Gasteiger partial charge on any atom is -0.449 e. The zero-order chi connectivity index (χ0) is 29.1. The Balaban J connectivity index is 1.38. The number of carbonyl (C=O) groups excluding carboxylic acids is 3. The second-order valence-electron chi connectivity index (χ2n) is 9.98. The summed E-state index contributed by atoms with van der Waals surface area (Å²) in [6, 6.07) is 36.7. The maximum absolute atomic E-state index is 14.0. The normalized spacial score (nSPS) is 18.0. The average Bonchev–Trinajstić information content (AvgIpc) is 3.06. The Labute approximate surface area is 247 Å². The first-order chi connectivity index (χ1) is 20.5. The second-order valence-corrected chi connectivity index (χ2v) is 11.1. The average molecular weight is 577 g/mol. The topological polar surface area (TPSA) is 98.9 Å². The van der Waals surface area contributed by atoms with E-state index in [1.54, 1.807) is 0 Å². The summed E-state index contributed by atoms with van der Waals surface area (Å²) in [5, 5.41) is -0.470. The molecule has 1 fully saturated rings. The molecule has 0 radical (unpaired) electrons. The molecular formula is C34H28N2O5S. The number of fused-ring (bicyclic) bond motifs is 1. The molecule has 0 aromatic heterocycles. The number of carbonyl (C=O) groups is 3. The molecule has 1 amide bonds. The van der Waals surface area contributed by atoms with Crippen LogP contribution in [0.15, 0.2) is 133 Å². The molecule has 7 nitrogen and oxygen atoms in total. The molecule has 42 heavy (non-hydrogen) atoms. The number of hydrogen-bond acceptors (Lipinski definition) is 7. The SMILES string of the molecule is NC1C(=O)N2C(C(=O)OC(c3ccccc3)c3ccccc3)=C(C(=O)OC(c3ccccc3)c3ccccc3)CS[C@@H]12. The van der Waals surface area contributed by atoms with Gasteiger partial charge in [-0.05, 0) is 22.3 Å². The van der Waals surface area contributed by atoms with E-state index in [4.69, 9.17) is 15.2 Å². The number of β-lactam (4-membered cyclic amide) rings is 1. The minimum absolute atomic E-state index is 0.0678. The highest BCUT2D eigenvalue weighted by Crippen LogP contribution is 2.42. The molecule has 1 unspecified atom stereocenters. The van der Waals surface area contributed by atoms with Gasteiger partial charge in [0.1, 0.15) is 17.1 Å². The lowest BCUT2D eigenvalue weighted by molar-refractivity contribution is -0.154. The first kappa shape index (κ1) is 27.5. The minimum atomic E-state index is -0.791. The van der Waals surface area contributed by atoms with Gasteiger partial charge in [-0.25, -0.2) is 9.59 Å². The van der Waals surface area contributed by atoms with E-state index in [1.807, 2.05) is 121 Å². The monoisotopic (exact) mass is 576 g/mol. The number of thioether (sulfide) groups is 1. The third-order valence-electron chi connectivity index (χ3n) is 7.31. The molecule has 4 aromatic carbocycles. The van der Waals surface area contributed by atoms with Gasteiger partial charge in [0.15, 0.2) is 12.2 Å². The van der Waals surface area contributed by atoms with E-state index in [2.05, 4.69) is 0 Å². The Hall–Kier alpha value is -4.66. The van der Waals surface area contributed by atoms with Crippen molar-refractivity contribution in [3.05, 3.63) is 155 Å². The van der Waals surface area contributed by atoms with Gasteiger partial charge in [0.05, 0.1) is 5.57 Å². The maximum atomic E-state index is 14.0. The number of rotatable bonds is 8. The molecule has 2 heterocycles. The first-order valence-corrected chi connectivity index (χ1v) is 14.6. The first-order valence-electron chi connectivity index (χ1n) is 13.6. The summed E-state index contributed by atoms with van der Waals surface area (Å²) in [5.74, 6) is -1.79. The number of nitrogens with two attached hydrogens (primary N) is 1. The standard InChI is InChI=1S/C34H28N2O5S/c35-27-31(37)36-28(34(39)41-30(24-17-9-3-10-18-24)25-19-11-4-12-20-25)26(21-42-32(27)36)33(38)40-29(22-13-5-1-6-14-22)23-15-7-2-8-16-23/h1-20,27,29-30,32H,21,35H2/t27?,32-/m0/s1. The lowest BCUT2D eigenvalue weighted by Crippen LogP contribution is -2.68. The predicted octanol–water partition coefficient (Wildman–Crippen LogP) is 5.15. The van der Waals surface area contributed by atoms with Crippen LogP contribution in [-0.4, -0.2) is 39.9 Å². The van der Waals surface area contributed by atoms with Gasteiger partial charge in [-0.1, -0.05) is 121 Å². The Bertz CT molecular complexity index is 1530.